The molecule has 2 N–H and O–H groups in total. The van der Waals surface area contributed by atoms with Crippen LogP contribution in [-0.4, -0.2) is 27.4 Å². The Morgan fingerprint density at radius 3 is 2.45 bits per heavy atom. The molecule has 3 aromatic rings. The minimum Gasteiger partial charge on any atom is -0.550 e. The summed E-state index contributed by atoms with van der Waals surface area (Å²) >= 11 is 0. The third-order valence-corrected chi connectivity index (χ3v) is 5.16. The lowest BCUT2D eigenvalue weighted by atomic mass is 9.92. The van der Waals surface area contributed by atoms with Crippen molar-refractivity contribution >= 4 is 28.7 Å². The minimum atomic E-state index is -1.69. The Balaban J connectivity index is 2.06. The molecule has 1 heterocycles. The zero-order chi connectivity index (χ0) is 22.8. The number of hydrogen-bond acceptors (Lipinski definition) is 4. The molecule has 0 aliphatic rings. The highest BCUT2D eigenvalue weighted by molar-refractivity contribution is 6.04. The molecular formula is C25H25FNO4-. The van der Waals surface area contributed by atoms with Gasteiger partial charge in [0.05, 0.1) is 5.60 Å². The summed E-state index contributed by atoms with van der Waals surface area (Å²) in [6.07, 6.45) is 1.95. The quantitative estimate of drug-likeness (QED) is 0.538. The van der Waals surface area contributed by atoms with Gasteiger partial charge in [0.25, 0.3) is 0 Å². The molecule has 0 unspecified atom stereocenters. The summed E-state index contributed by atoms with van der Waals surface area (Å²) in [4.78, 5) is 26.5. The van der Waals surface area contributed by atoms with Crippen LogP contribution in [-0.2, 0) is 9.59 Å². The maximum atomic E-state index is 13.5. The number of halogens is 1. The monoisotopic (exact) mass is 422 g/mol. The van der Waals surface area contributed by atoms with Crippen molar-refractivity contribution in [3.05, 3.63) is 65.6 Å². The Morgan fingerprint density at radius 2 is 1.84 bits per heavy atom. The standard InChI is InChI=1S/C25H26FNO4/c1-15(2)19-5-4-6-20-24(19)23(16-7-9-17(26)10-8-16)21(27-20)12-11-18(28)13-25(3,31)14-22(29)30/h4-12,15,27,31H,13-14H2,1-3H3,(H,29,30)/p-1/b12-11+/t25-/m0/s1. The summed E-state index contributed by atoms with van der Waals surface area (Å²) in [6.45, 7) is 5.47. The number of rotatable bonds is 8. The van der Waals surface area contributed by atoms with Crippen LogP contribution in [0.5, 0.6) is 0 Å². The number of ketones is 1. The smallest absolute Gasteiger partial charge is 0.158 e. The van der Waals surface area contributed by atoms with Crippen LogP contribution < -0.4 is 5.11 Å². The predicted octanol–water partition coefficient (Wildman–Crippen LogP) is 3.96. The molecule has 2 aromatic carbocycles. The lowest BCUT2D eigenvalue weighted by Gasteiger charge is -2.21. The topological polar surface area (TPSA) is 93.2 Å². The zero-order valence-electron chi connectivity index (χ0n) is 17.7. The number of aliphatic carboxylic acids is 1. The summed E-state index contributed by atoms with van der Waals surface area (Å²) in [5.41, 5.74) is 2.65. The van der Waals surface area contributed by atoms with E-state index in [1.807, 2.05) is 18.2 Å². The Bertz CT molecular complexity index is 1140. The maximum Gasteiger partial charge on any atom is 0.158 e. The molecule has 0 saturated heterocycles. The van der Waals surface area contributed by atoms with Crippen LogP contribution in [0.3, 0.4) is 0 Å². The fourth-order valence-corrected chi connectivity index (χ4v) is 3.80. The molecule has 0 saturated carbocycles. The lowest BCUT2D eigenvalue weighted by Crippen LogP contribution is -2.36. The molecule has 0 aliphatic heterocycles. The van der Waals surface area contributed by atoms with Gasteiger partial charge in [-0.1, -0.05) is 38.1 Å². The zero-order valence-corrected chi connectivity index (χ0v) is 17.7. The van der Waals surface area contributed by atoms with Crippen LogP contribution in [0.25, 0.3) is 28.1 Å². The summed E-state index contributed by atoms with van der Waals surface area (Å²) in [5, 5.41) is 21.9. The number of carbonyl (C=O) groups is 2. The van der Waals surface area contributed by atoms with E-state index in [9.17, 15) is 24.2 Å². The number of carboxylic acid groups (broad SMARTS) is 1. The summed E-state index contributed by atoms with van der Waals surface area (Å²) in [5.74, 6) is -1.93. The number of carboxylic acids is 1. The molecule has 3 rings (SSSR count). The van der Waals surface area contributed by atoms with E-state index in [4.69, 9.17) is 0 Å². The first-order valence-corrected chi connectivity index (χ1v) is 10.1. The van der Waals surface area contributed by atoms with Crippen LogP contribution >= 0.6 is 0 Å². The molecule has 1 atom stereocenters. The van der Waals surface area contributed by atoms with Crippen LogP contribution in [0, 0.1) is 5.82 Å². The predicted molar refractivity (Wildman–Crippen MR) is 117 cm³/mol. The number of allylic oxidation sites excluding steroid dienone is 1. The number of H-pyrrole nitrogens is 1. The van der Waals surface area contributed by atoms with E-state index in [-0.39, 0.29) is 18.2 Å². The highest BCUT2D eigenvalue weighted by Crippen LogP contribution is 2.38. The van der Waals surface area contributed by atoms with Gasteiger partial charge in [-0.25, -0.2) is 4.39 Å². The maximum absolute atomic E-state index is 13.5. The average molecular weight is 422 g/mol. The Kier molecular flexibility index (Phi) is 6.41. The highest BCUT2D eigenvalue weighted by Gasteiger charge is 2.24. The van der Waals surface area contributed by atoms with Crippen molar-refractivity contribution in [3.8, 4) is 11.1 Å². The van der Waals surface area contributed by atoms with Crippen molar-refractivity contribution in [3.63, 3.8) is 0 Å². The van der Waals surface area contributed by atoms with Gasteiger partial charge in [-0.3, -0.25) is 4.79 Å². The van der Waals surface area contributed by atoms with Crippen molar-refractivity contribution in [1.82, 2.24) is 4.98 Å². The van der Waals surface area contributed by atoms with E-state index in [1.165, 1.54) is 25.1 Å². The number of aromatic amines is 1. The summed E-state index contributed by atoms with van der Waals surface area (Å²) in [7, 11) is 0. The Labute approximate surface area is 180 Å². The third kappa shape index (κ3) is 5.27. The Hall–Kier alpha value is -3.25. The number of aliphatic hydroxyl groups is 1. The van der Waals surface area contributed by atoms with Crippen molar-refractivity contribution in [2.24, 2.45) is 0 Å². The number of benzene rings is 2. The van der Waals surface area contributed by atoms with Crippen molar-refractivity contribution in [2.75, 3.05) is 0 Å². The third-order valence-electron chi connectivity index (χ3n) is 5.16. The van der Waals surface area contributed by atoms with E-state index in [2.05, 4.69) is 18.8 Å². The summed E-state index contributed by atoms with van der Waals surface area (Å²) in [6, 6.07) is 12.1. The van der Waals surface area contributed by atoms with Gasteiger partial charge < -0.3 is 20.0 Å². The van der Waals surface area contributed by atoms with Gasteiger partial charge in [-0.2, -0.15) is 0 Å². The van der Waals surface area contributed by atoms with Crippen LogP contribution in [0.1, 0.15) is 50.8 Å². The molecule has 0 fully saturated rings. The summed E-state index contributed by atoms with van der Waals surface area (Å²) < 4.78 is 13.5. The SMILES string of the molecule is CC(C)c1cccc2[nH]c(/C=C/C(=O)C[C@](C)(O)CC(=O)[O-])c(-c3ccc(F)cc3)c12. The lowest BCUT2D eigenvalue weighted by molar-refractivity contribution is -0.309. The van der Waals surface area contributed by atoms with Gasteiger partial charge in [0.15, 0.2) is 5.78 Å². The highest BCUT2D eigenvalue weighted by atomic mass is 19.1. The number of fused-ring (bicyclic) bond motifs is 1. The largest absolute Gasteiger partial charge is 0.550 e. The van der Waals surface area contributed by atoms with Crippen LogP contribution in [0.4, 0.5) is 4.39 Å². The van der Waals surface area contributed by atoms with E-state index < -0.39 is 23.8 Å². The van der Waals surface area contributed by atoms with Crippen molar-refractivity contribution in [1.29, 1.82) is 0 Å². The average Bonchev–Trinajstić information content (AvgIpc) is 3.04. The Morgan fingerprint density at radius 1 is 1.16 bits per heavy atom. The van der Waals surface area contributed by atoms with Crippen molar-refractivity contribution < 1.29 is 24.2 Å². The van der Waals surface area contributed by atoms with E-state index in [0.29, 0.717) is 5.69 Å². The number of hydrogen-bond donors (Lipinski definition) is 2. The van der Waals surface area contributed by atoms with Crippen LogP contribution in [0.2, 0.25) is 0 Å². The number of carbonyl (C=O) groups excluding carboxylic acids is 2. The fraction of sp³-hybridized carbons (Fsp3) is 0.280. The molecule has 31 heavy (non-hydrogen) atoms. The molecule has 0 amide bonds. The van der Waals surface area contributed by atoms with Gasteiger partial charge in [-0.05, 0) is 54.3 Å². The first-order chi connectivity index (χ1) is 14.6. The van der Waals surface area contributed by atoms with Gasteiger partial charge in [-0.15, -0.1) is 0 Å². The molecule has 6 heteroatoms. The first kappa shape index (κ1) is 22.4. The number of aromatic nitrogens is 1. The van der Waals surface area contributed by atoms with Gasteiger partial charge in [0.1, 0.15) is 5.82 Å². The van der Waals surface area contributed by atoms with Gasteiger partial charge in [0, 0.05) is 41.0 Å². The molecule has 162 valence electrons. The van der Waals surface area contributed by atoms with Crippen LogP contribution in [0.15, 0.2) is 48.5 Å². The molecule has 1 aromatic heterocycles. The second-order valence-corrected chi connectivity index (χ2v) is 8.37. The van der Waals surface area contributed by atoms with E-state index >= 15 is 0 Å². The molecule has 5 nitrogen and oxygen atoms in total. The second-order valence-electron chi connectivity index (χ2n) is 8.37. The molecule has 0 radical (unpaired) electrons. The number of nitrogens with one attached hydrogen (secondary N) is 1. The molecule has 0 aliphatic carbocycles. The molecule has 0 spiro atoms. The van der Waals surface area contributed by atoms with Gasteiger partial charge in [0.2, 0.25) is 0 Å². The fourth-order valence-electron chi connectivity index (χ4n) is 3.80. The normalized spacial score (nSPS) is 13.7. The minimum absolute atomic E-state index is 0.247. The first-order valence-electron chi connectivity index (χ1n) is 10.1. The molecule has 0 bridgehead atoms. The second kappa shape index (κ2) is 8.86. The van der Waals surface area contributed by atoms with E-state index in [1.54, 1.807) is 18.2 Å². The van der Waals surface area contributed by atoms with Gasteiger partial charge >= 0.3 is 0 Å². The van der Waals surface area contributed by atoms with E-state index in [0.717, 1.165) is 27.6 Å². The molecular weight excluding hydrogens is 397 g/mol. The van der Waals surface area contributed by atoms with Crippen molar-refractivity contribution in [2.45, 2.75) is 45.1 Å².